The Kier molecular flexibility index (Phi) is 3.41. The first-order valence-electron chi connectivity index (χ1n) is 5.98. The monoisotopic (exact) mass is 261 g/mol. The molecule has 1 aromatic heterocycles. The number of rotatable bonds is 4. The van der Waals surface area contributed by atoms with Gasteiger partial charge >= 0.3 is 6.18 Å². The molecule has 1 atom stereocenters. The summed E-state index contributed by atoms with van der Waals surface area (Å²) in [7, 11) is 0. The van der Waals surface area contributed by atoms with Crippen molar-refractivity contribution >= 4 is 5.78 Å². The van der Waals surface area contributed by atoms with Crippen LogP contribution in [0.4, 0.5) is 13.2 Å². The highest BCUT2D eigenvalue weighted by Gasteiger charge is 2.46. The van der Waals surface area contributed by atoms with Crippen LogP contribution in [0.3, 0.4) is 0 Å². The van der Waals surface area contributed by atoms with Crippen LogP contribution in [0.2, 0.25) is 0 Å². The van der Waals surface area contributed by atoms with Crippen LogP contribution in [0, 0.1) is 0 Å². The van der Waals surface area contributed by atoms with E-state index in [1.54, 1.807) is 0 Å². The van der Waals surface area contributed by atoms with Crippen molar-refractivity contribution in [3.8, 4) is 0 Å². The van der Waals surface area contributed by atoms with E-state index in [-0.39, 0.29) is 36.7 Å². The first kappa shape index (κ1) is 13.0. The van der Waals surface area contributed by atoms with Gasteiger partial charge in [-0.15, -0.1) is 5.10 Å². The van der Waals surface area contributed by atoms with Crippen LogP contribution in [0.25, 0.3) is 0 Å². The van der Waals surface area contributed by atoms with E-state index in [0.717, 1.165) is 11.1 Å². The van der Waals surface area contributed by atoms with Crippen LogP contribution in [0.5, 0.6) is 0 Å². The number of carbonyl (C=O) groups excluding carboxylic acids is 1. The van der Waals surface area contributed by atoms with E-state index in [0.29, 0.717) is 6.42 Å². The lowest BCUT2D eigenvalue weighted by Gasteiger charge is -2.14. The van der Waals surface area contributed by atoms with Crippen molar-refractivity contribution in [3.05, 3.63) is 11.6 Å². The van der Waals surface area contributed by atoms with Crippen LogP contribution >= 0.6 is 0 Å². The molecule has 1 aromatic rings. The maximum absolute atomic E-state index is 12.7. The minimum Gasteiger partial charge on any atom is -0.291 e. The molecular weight excluding hydrogens is 247 g/mol. The molecule has 0 amide bonds. The topological polar surface area (TPSA) is 47.8 Å². The molecule has 2 heterocycles. The van der Waals surface area contributed by atoms with Gasteiger partial charge in [-0.1, -0.05) is 13.3 Å². The number of nitrogens with zero attached hydrogens (tertiary/aromatic N) is 3. The van der Waals surface area contributed by atoms with E-state index in [1.165, 1.54) is 0 Å². The molecular formula is C11H14F3N3O. The van der Waals surface area contributed by atoms with Gasteiger partial charge in [0.25, 0.3) is 0 Å². The Morgan fingerprint density at radius 2 is 2.22 bits per heavy atom. The lowest BCUT2D eigenvalue weighted by Crippen LogP contribution is -2.24. The van der Waals surface area contributed by atoms with Gasteiger partial charge in [0.15, 0.2) is 0 Å². The van der Waals surface area contributed by atoms with Crippen molar-refractivity contribution < 1.29 is 18.0 Å². The van der Waals surface area contributed by atoms with E-state index in [9.17, 15) is 18.0 Å². The number of fused-ring (bicyclic) bond motifs is 1. The molecule has 0 aromatic carbocycles. The summed E-state index contributed by atoms with van der Waals surface area (Å²) in [5.41, 5.74) is 0. The maximum Gasteiger partial charge on any atom is 0.410 e. The molecule has 0 N–H and O–H groups in total. The first-order chi connectivity index (χ1) is 8.43. The summed E-state index contributed by atoms with van der Waals surface area (Å²) in [5.74, 6) is -0.0933. The summed E-state index contributed by atoms with van der Waals surface area (Å²) < 4.78 is 38.9. The Morgan fingerprint density at radius 1 is 1.50 bits per heavy atom. The Hall–Kier alpha value is -1.40. The summed E-state index contributed by atoms with van der Waals surface area (Å²) in [6, 6.07) is -1.63. The summed E-state index contributed by atoms with van der Waals surface area (Å²) >= 11 is 0. The van der Waals surface area contributed by atoms with E-state index in [2.05, 4.69) is 10.1 Å². The number of hydrogen-bond donors (Lipinski definition) is 0. The third kappa shape index (κ3) is 2.39. The van der Waals surface area contributed by atoms with Gasteiger partial charge in [0.2, 0.25) is 11.6 Å². The molecule has 4 nitrogen and oxygen atoms in total. The fourth-order valence-electron chi connectivity index (χ4n) is 2.03. The summed E-state index contributed by atoms with van der Waals surface area (Å²) in [4.78, 5) is 15.6. The fourth-order valence-corrected chi connectivity index (χ4v) is 2.03. The third-order valence-corrected chi connectivity index (χ3v) is 3.02. The standard InChI is InChI=1S/C11H14F3N3O/c1-2-3-4-7(18)10-15-9-6-5-8(11(12,13)14)17(9)16-10/h8H,2-6H2,1H3. The van der Waals surface area contributed by atoms with E-state index >= 15 is 0 Å². The second kappa shape index (κ2) is 4.70. The average molecular weight is 261 g/mol. The summed E-state index contributed by atoms with van der Waals surface area (Å²) in [6.07, 6.45) is -2.31. The molecule has 1 aliphatic heterocycles. The predicted octanol–water partition coefficient (Wildman–Crippen LogP) is 2.70. The second-order valence-corrected chi connectivity index (χ2v) is 4.42. The Morgan fingerprint density at radius 3 is 2.83 bits per heavy atom. The highest BCUT2D eigenvalue weighted by molar-refractivity contribution is 5.92. The lowest BCUT2D eigenvalue weighted by molar-refractivity contribution is -0.168. The average Bonchev–Trinajstić information content (AvgIpc) is 2.82. The lowest BCUT2D eigenvalue weighted by atomic mass is 10.2. The zero-order valence-corrected chi connectivity index (χ0v) is 10.00. The SMILES string of the molecule is CCCCC(=O)c1nc2n(n1)C(C(F)(F)F)CC2. The largest absolute Gasteiger partial charge is 0.410 e. The van der Waals surface area contributed by atoms with Gasteiger partial charge in [0, 0.05) is 12.8 Å². The van der Waals surface area contributed by atoms with E-state index in [1.807, 2.05) is 6.92 Å². The number of ketones is 1. The highest BCUT2D eigenvalue weighted by Crippen LogP contribution is 2.38. The quantitative estimate of drug-likeness (QED) is 0.783. The van der Waals surface area contributed by atoms with Crippen molar-refractivity contribution in [1.29, 1.82) is 0 Å². The van der Waals surface area contributed by atoms with Crippen molar-refractivity contribution in [2.24, 2.45) is 0 Å². The van der Waals surface area contributed by atoms with Crippen LogP contribution in [-0.4, -0.2) is 26.7 Å². The second-order valence-electron chi connectivity index (χ2n) is 4.42. The van der Waals surface area contributed by atoms with Gasteiger partial charge in [-0.3, -0.25) is 4.79 Å². The van der Waals surface area contributed by atoms with Crippen molar-refractivity contribution in [2.75, 3.05) is 0 Å². The number of hydrogen-bond acceptors (Lipinski definition) is 3. The minimum atomic E-state index is -4.33. The van der Waals surface area contributed by atoms with Gasteiger partial charge in [-0.05, 0) is 12.8 Å². The van der Waals surface area contributed by atoms with Gasteiger partial charge in [-0.25, -0.2) is 9.67 Å². The van der Waals surface area contributed by atoms with Crippen molar-refractivity contribution in [1.82, 2.24) is 14.8 Å². The molecule has 0 fully saturated rings. The molecule has 0 saturated heterocycles. The van der Waals surface area contributed by atoms with Crippen LogP contribution in [0.15, 0.2) is 0 Å². The summed E-state index contributed by atoms with van der Waals surface area (Å²) in [5, 5.41) is 3.73. The van der Waals surface area contributed by atoms with Gasteiger partial charge in [0.1, 0.15) is 11.9 Å². The van der Waals surface area contributed by atoms with Gasteiger partial charge in [-0.2, -0.15) is 13.2 Å². The zero-order valence-electron chi connectivity index (χ0n) is 10.00. The van der Waals surface area contributed by atoms with Crippen LogP contribution in [0.1, 0.15) is 55.1 Å². The molecule has 1 aliphatic rings. The Balaban J connectivity index is 2.18. The molecule has 2 rings (SSSR count). The third-order valence-electron chi connectivity index (χ3n) is 3.02. The smallest absolute Gasteiger partial charge is 0.291 e. The number of alkyl halides is 3. The molecule has 100 valence electrons. The maximum atomic E-state index is 12.7. The summed E-state index contributed by atoms with van der Waals surface area (Å²) in [6.45, 7) is 1.94. The Bertz CT molecular complexity index is 453. The Labute approximate surface area is 102 Å². The molecule has 0 saturated carbocycles. The van der Waals surface area contributed by atoms with Gasteiger partial charge in [0.05, 0.1) is 0 Å². The van der Waals surface area contributed by atoms with E-state index in [4.69, 9.17) is 0 Å². The van der Waals surface area contributed by atoms with Crippen molar-refractivity contribution in [3.63, 3.8) is 0 Å². The zero-order chi connectivity index (χ0) is 13.3. The molecule has 7 heteroatoms. The normalized spacial score (nSPS) is 19.0. The van der Waals surface area contributed by atoms with E-state index < -0.39 is 12.2 Å². The van der Waals surface area contributed by atoms with Crippen molar-refractivity contribution in [2.45, 2.75) is 51.2 Å². The highest BCUT2D eigenvalue weighted by atomic mass is 19.4. The number of halogens is 3. The fraction of sp³-hybridized carbons (Fsp3) is 0.727. The molecule has 1 unspecified atom stereocenters. The predicted molar refractivity (Wildman–Crippen MR) is 57.3 cm³/mol. The number of Topliss-reactive ketones (excluding diaryl/α,β-unsaturated/α-hetero) is 1. The number of carbonyl (C=O) groups is 1. The molecule has 0 aliphatic carbocycles. The number of unbranched alkanes of at least 4 members (excludes halogenated alkanes) is 1. The molecule has 0 bridgehead atoms. The molecule has 18 heavy (non-hydrogen) atoms. The first-order valence-corrected chi connectivity index (χ1v) is 5.98. The minimum absolute atomic E-state index is 0.0394. The molecule has 0 spiro atoms. The van der Waals surface area contributed by atoms with Gasteiger partial charge < -0.3 is 0 Å². The van der Waals surface area contributed by atoms with Crippen LogP contribution in [-0.2, 0) is 6.42 Å². The van der Waals surface area contributed by atoms with Crippen LogP contribution < -0.4 is 0 Å². The number of aromatic nitrogens is 3. The molecule has 0 radical (unpaired) electrons. The number of aryl methyl sites for hydroxylation is 1.